The first-order valence-corrected chi connectivity index (χ1v) is 6.78. The van der Waals surface area contributed by atoms with E-state index in [1.165, 1.54) is 0 Å². The van der Waals surface area contributed by atoms with Crippen molar-refractivity contribution < 1.29 is 4.79 Å². The van der Waals surface area contributed by atoms with Gasteiger partial charge in [0.2, 0.25) is 0 Å². The maximum Gasteiger partial charge on any atom is 0.253 e. The quantitative estimate of drug-likeness (QED) is 0.929. The molecule has 0 unspecified atom stereocenters. The maximum absolute atomic E-state index is 12.4. The highest BCUT2D eigenvalue weighted by Crippen LogP contribution is 2.20. The normalized spacial score (nSPS) is 11.4. The van der Waals surface area contributed by atoms with Gasteiger partial charge in [-0.25, -0.2) is 0 Å². The minimum Gasteiger partial charge on any atom is -0.341 e. The van der Waals surface area contributed by atoms with Crippen LogP contribution < -0.4 is 5.73 Å². The summed E-state index contributed by atoms with van der Waals surface area (Å²) in [5, 5.41) is 0. The summed E-state index contributed by atoms with van der Waals surface area (Å²) in [6, 6.07) is 5.75. The molecule has 0 aliphatic heterocycles. The summed E-state index contributed by atoms with van der Waals surface area (Å²) in [7, 11) is 1.82. The predicted octanol–water partition coefficient (Wildman–Crippen LogP) is 2.81. The monoisotopic (exact) mass is 312 g/mol. The Morgan fingerprint density at radius 2 is 2.06 bits per heavy atom. The molecule has 1 aromatic rings. The van der Waals surface area contributed by atoms with Crippen LogP contribution in [0.2, 0.25) is 0 Å². The van der Waals surface area contributed by atoms with Crippen molar-refractivity contribution in [1.82, 2.24) is 4.90 Å². The first kappa shape index (κ1) is 15.2. The second-order valence-corrected chi connectivity index (χ2v) is 6.40. The van der Waals surface area contributed by atoms with Crippen LogP contribution in [-0.2, 0) is 0 Å². The number of rotatable bonds is 4. The standard InChI is InChI=1S/C14H21BrN2O/c1-10-5-6-11(15)7-12(10)13(18)17(4)9-14(2,3)8-16/h5-7H,8-9,16H2,1-4H3. The summed E-state index contributed by atoms with van der Waals surface area (Å²) < 4.78 is 0.919. The molecule has 0 bridgehead atoms. The molecule has 18 heavy (non-hydrogen) atoms. The van der Waals surface area contributed by atoms with E-state index in [1.807, 2.05) is 32.2 Å². The molecule has 0 spiro atoms. The molecule has 100 valence electrons. The molecule has 0 radical (unpaired) electrons. The molecule has 0 saturated carbocycles. The predicted molar refractivity (Wildman–Crippen MR) is 78.7 cm³/mol. The van der Waals surface area contributed by atoms with E-state index in [0.29, 0.717) is 13.1 Å². The molecule has 1 amide bonds. The van der Waals surface area contributed by atoms with E-state index in [9.17, 15) is 4.79 Å². The lowest BCUT2D eigenvalue weighted by Crippen LogP contribution is -2.40. The van der Waals surface area contributed by atoms with Gasteiger partial charge in [0.25, 0.3) is 5.91 Å². The summed E-state index contributed by atoms with van der Waals surface area (Å²) in [6.07, 6.45) is 0. The third kappa shape index (κ3) is 3.82. The lowest BCUT2D eigenvalue weighted by atomic mass is 9.93. The number of halogens is 1. The van der Waals surface area contributed by atoms with Gasteiger partial charge in [0.15, 0.2) is 0 Å². The van der Waals surface area contributed by atoms with E-state index >= 15 is 0 Å². The Bertz CT molecular complexity index is 443. The molecule has 0 aliphatic rings. The van der Waals surface area contributed by atoms with Gasteiger partial charge in [0.1, 0.15) is 0 Å². The van der Waals surface area contributed by atoms with Gasteiger partial charge in [-0.1, -0.05) is 35.8 Å². The molecular weight excluding hydrogens is 292 g/mol. The first-order chi connectivity index (χ1) is 8.26. The van der Waals surface area contributed by atoms with Gasteiger partial charge in [-0.2, -0.15) is 0 Å². The number of carbonyl (C=O) groups excluding carboxylic acids is 1. The summed E-state index contributed by atoms with van der Waals surface area (Å²) in [5.41, 5.74) is 7.36. The fraction of sp³-hybridized carbons (Fsp3) is 0.500. The van der Waals surface area contributed by atoms with Crippen molar-refractivity contribution in [1.29, 1.82) is 0 Å². The van der Waals surface area contributed by atoms with Crippen molar-refractivity contribution in [2.75, 3.05) is 20.1 Å². The van der Waals surface area contributed by atoms with Crippen LogP contribution in [0.1, 0.15) is 29.8 Å². The van der Waals surface area contributed by atoms with Crippen molar-refractivity contribution in [2.24, 2.45) is 11.1 Å². The number of nitrogens with zero attached hydrogens (tertiary/aromatic N) is 1. The van der Waals surface area contributed by atoms with Crippen LogP contribution in [0.3, 0.4) is 0 Å². The molecule has 1 rings (SSSR count). The summed E-state index contributed by atoms with van der Waals surface area (Å²) >= 11 is 3.40. The smallest absolute Gasteiger partial charge is 0.253 e. The average Bonchev–Trinajstić information content (AvgIpc) is 2.31. The highest BCUT2D eigenvalue weighted by atomic mass is 79.9. The van der Waals surface area contributed by atoms with Crippen molar-refractivity contribution in [3.05, 3.63) is 33.8 Å². The van der Waals surface area contributed by atoms with E-state index in [1.54, 1.807) is 4.90 Å². The van der Waals surface area contributed by atoms with Crippen LogP contribution in [0, 0.1) is 12.3 Å². The zero-order valence-corrected chi connectivity index (χ0v) is 13.0. The highest BCUT2D eigenvalue weighted by Gasteiger charge is 2.22. The maximum atomic E-state index is 12.4. The molecule has 0 aromatic heterocycles. The van der Waals surface area contributed by atoms with Crippen molar-refractivity contribution in [3.63, 3.8) is 0 Å². The molecule has 0 heterocycles. The Labute approximate surface area is 117 Å². The number of hydrogen-bond acceptors (Lipinski definition) is 2. The Balaban J connectivity index is 2.90. The topological polar surface area (TPSA) is 46.3 Å². The Morgan fingerprint density at radius 1 is 1.44 bits per heavy atom. The number of benzene rings is 1. The highest BCUT2D eigenvalue weighted by molar-refractivity contribution is 9.10. The number of carbonyl (C=O) groups is 1. The van der Waals surface area contributed by atoms with Gasteiger partial charge in [-0.3, -0.25) is 4.79 Å². The van der Waals surface area contributed by atoms with Gasteiger partial charge < -0.3 is 10.6 Å². The Hall–Kier alpha value is -0.870. The second-order valence-electron chi connectivity index (χ2n) is 5.49. The molecule has 4 heteroatoms. The molecule has 0 saturated heterocycles. The molecule has 0 fully saturated rings. The lowest BCUT2D eigenvalue weighted by molar-refractivity contribution is 0.0740. The van der Waals surface area contributed by atoms with Crippen LogP contribution in [-0.4, -0.2) is 30.9 Å². The van der Waals surface area contributed by atoms with Gasteiger partial charge in [-0.05, 0) is 36.6 Å². The van der Waals surface area contributed by atoms with Crippen LogP contribution in [0.15, 0.2) is 22.7 Å². The minimum absolute atomic E-state index is 0.0373. The third-order valence-electron chi connectivity index (χ3n) is 2.99. The lowest BCUT2D eigenvalue weighted by Gasteiger charge is -2.29. The van der Waals surface area contributed by atoms with Gasteiger partial charge >= 0.3 is 0 Å². The number of hydrogen-bond donors (Lipinski definition) is 1. The van der Waals surface area contributed by atoms with E-state index in [2.05, 4.69) is 29.8 Å². The van der Waals surface area contributed by atoms with Crippen LogP contribution in [0.5, 0.6) is 0 Å². The van der Waals surface area contributed by atoms with E-state index in [-0.39, 0.29) is 11.3 Å². The number of nitrogens with two attached hydrogens (primary N) is 1. The molecule has 0 aliphatic carbocycles. The van der Waals surface area contributed by atoms with E-state index < -0.39 is 0 Å². The Kier molecular flexibility index (Phi) is 4.93. The van der Waals surface area contributed by atoms with Gasteiger partial charge in [0.05, 0.1) is 0 Å². The van der Waals surface area contributed by atoms with Crippen molar-refractivity contribution >= 4 is 21.8 Å². The van der Waals surface area contributed by atoms with Crippen LogP contribution >= 0.6 is 15.9 Å². The average molecular weight is 313 g/mol. The van der Waals surface area contributed by atoms with Gasteiger partial charge in [0, 0.05) is 23.6 Å². The van der Waals surface area contributed by atoms with Crippen LogP contribution in [0.4, 0.5) is 0 Å². The Morgan fingerprint density at radius 3 is 2.61 bits per heavy atom. The fourth-order valence-corrected chi connectivity index (χ4v) is 2.17. The molecular formula is C14H21BrN2O. The van der Waals surface area contributed by atoms with Crippen molar-refractivity contribution in [2.45, 2.75) is 20.8 Å². The zero-order chi connectivity index (χ0) is 13.9. The molecule has 3 nitrogen and oxygen atoms in total. The first-order valence-electron chi connectivity index (χ1n) is 5.98. The SMILES string of the molecule is Cc1ccc(Br)cc1C(=O)N(C)CC(C)(C)CN. The summed E-state index contributed by atoms with van der Waals surface area (Å²) in [4.78, 5) is 14.1. The second kappa shape index (κ2) is 5.85. The number of aryl methyl sites for hydroxylation is 1. The van der Waals surface area contributed by atoms with E-state index in [0.717, 1.165) is 15.6 Å². The van der Waals surface area contributed by atoms with Crippen molar-refractivity contribution in [3.8, 4) is 0 Å². The summed E-state index contributed by atoms with van der Waals surface area (Å²) in [6.45, 7) is 7.27. The largest absolute Gasteiger partial charge is 0.341 e. The van der Waals surface area contributed by atoms with E-state index in [4.69, 9.17) is 5.73 Å². The zero-order valence-electron chi connectivity index (χ0n) is 11.5. The fourth-order valence-electron chi connectivity index (χ4n) is 1.81. The number of amides is 1. The van der Waals surface area contributed by atoms with Gasteiger partial charge in [-0.15, -0.1) is 0 Å². The third-order valence-corrected chi connectivity index (χ3v) is 3.49. The summed E-state index contributed by atoms with van der Waals surface area (Å²) in [5.74, 6) is 0.0373. The molecule has 2 N–H and O–H groups in total. The molecule has 1 aromatic carbocycles. The molecule has 0 atom stereocenters. The minimum atomic E-state index is -0.0652. The van der Waals surface area contributed by atoms with Crippen LogP contribution in [0.25, 0.3) is 0 Å².